The lowest BCUT2D eigenvalue weighted by Crippen LogP contribution is -3.17. The molecular weight excluding hydrogens is 238 g/mol. The predicted octanol–water partition coefficient (Wildman–Crippen LogP) is 0.159. The third-order valence-electron chi connectivity index (χ3n) is 4.40. The van der Waals surface area contributed by atoms with Gasteiger partial charge in [0.2, 0.25) is 0 Å². The summed E-state index contributed by atoms with van der Waals surface area (Å²) in [7, 11) is -4.02. The van der Waals surface area contributed by atoms with E-state index in [0.29, 0.717) is 6.42 Å². The molecule has 1 aliphatic carbocycles. The van der Waals surface area contributed by atoms with Crippen LogP contribution in [0.3, 0.4) is 0 Å². The highest BCUT2D eigenvalue weighted by Gasteiger charge is 2.35. The molecule has 0 radical (unpaired) electrons. The minimum Gasteiger partial charge on any atom is -0.748 e. The van der Waals surface area contributed by atoms with Crippen molar-refractivity contribution in [3.05, 3.63) is 0 Å². The summed E-state index contributed by atoms with van der Waals surface area (Å²) in [5.41, 5.74) is 0. The first-order chi connectivity index (χ1) is 8.06. The first kappa shape index (κ1) is 13.3. The Labute approximate surface area is 104 Å². The van der Waals surface area contributed by atoms with Gasteiger partial charge in [0.15, 0.2) is 0 Å². The first-order valence-electron chi connectivity index (χ1n) is 6.84. The lowest BCUT2D eigenvalue weighted by Gasteiger charge is -2.41. The maximum Gasteiger partial charge on any atom is 0.0948 e. The van der Waals surface area contributed by atoms with Crippen molar-refractivity contribution in [2.45, 2.75) is 51.0 Å². The molecule has 3 atom stereocenters. The van der Waals surface area contributed by atoms with E-state index >= 15 is 0 Å². The van der Waals surface area contributed by atoms with Gasteiger partial charge >= 0.3 is 0 Å². The van der Waals surface area contributed by atoms with Crippen LogP contribution in [-0.2, 0) is 10.1 Å². The van der Waals surface area contributed by atoms with Crippen molar-refractivity contribution < 1.29 is 17.9 Å². The van der Waals surface area contributed by atoms with Crippen LogP contribution in [0.1, 0.15) is 44.9 Å². The van der Waals surface area contributed by atoms with Gasteiger partial charge in [0, 0.05) is 18.1 Å². The van der Waals surface area contributed by atoms with Crippen LogP contribution in [0, 0.1) is 5.92 Å². The summed E-state index contributed by atoms with van der Waals surface area (Å²) in [6.07, 6.45) is 8.49. The molecule has 17 heavy (non-hydrogen) atoms. The van der Waals surface area contributed by atoms with Crippen LogP contribution in [0.25, 0.3) is 0 Å². The zero-order chi connectivity index (χ0) is 12.3. The SMILES string of the molecule is O=S(=O)([O-])CCC[NH+]1CCCC2CCCCC21. The monoisotopic (exact) mass is 261 g/mol. The highest BCUT2D eigenvalue weighted by atomic mass is 32.2. The van der Waals surface area contributed by atoms with Gasteiger partial charge in [-0.05, 0) is 32.1 Å². The van der Waals surface area contributed by atoms with Crippen molar-refractivity contribution in [3.63, 3.8) is 0 Å². The minimum absolute atomic E-state index is 0.187. The second kappa shape index (κ2) is 5.67. The van der Waals surface area contributed by atoms with E-state index in [0.717, 1.165) is 18.5 Å². The van der Waals surface area contributed by atoms with E-state index in [4.69, 9.17) is 0 Å². The zero-order valence-corrected chi connectivity index (χ0v) is 11.2. The van der Waals surface area contributed by atoms with E-state index in [1.807, 2.05) is 0 Å². The maximum absolute atomic E-state index is 10.6. The number of fused-ring (bicyclic) bond motifs is 1. The summed E-state index contributed by atoms with van der Waals surface area (Å²) in [4.78, 5) is 1.56. The molecule has 4 nitrogen and oxygen atoms in total. The molecule has 1 saturated carbocycles. The van der Waals surface area contributed by atoms with Crippen LogP contribution in [0.4, 0.5) is 0 Å². The molecule has 1 aliphatic heterocycles. The third-order valence-corrected chi connectivity index (χ3v) is 5.19. The van der Waals surface area contributed by atoms with Gasteiger partial charge in [0.25, 0.3) is 0 Å². The molecule has 0 bridgehead atoms. The number of hydrogen-bond acceptors (Lipinski definition) is 3. The number of quaternary nitrogens is 1. The van der Waals surface area contributed by atoms with E-state index in [1.54, 1.807) is 4.90 Å². The number of piperidine rings is 1. The maximum atomic E-state index is 10.6. The van der Waals surface area contributed by atoms with Gasteiger partial charge in [-0.1, -0.05) is 6.42 Å². The highest BCUT2D eigenvalue weighted by Crippen LogP contribution is 2.28. The van der Waals surface area contributed by atoms with Gasteiger partial charge < -0.3 is 9.45 Å². The van der Waals surface area contributed by atoms with Crippen molar-refractivity contribution in [3.8, 4) is 0 Å². The zero-order valence-electron chi connectivity index (χ0n) is 10.4. The molecule has 0 aromatic carbocycles. The average molecular weight is 261 g/mol. The van der Waals surface area contributed by atoms with Crippen LogP contribution in [0.5, 0.6) is 0 Å². The average Bonchev–Trinajstić information content (AvgIpc) is 2.28. The van der Waals surface area contributed by atoms with Gasteiger partial charge in [0.1, 0.15) is 0 Å². The Hall–Kier alpha value is -0.130. The second-order valence-electron chi connectivity index (χ2n) is 5.57. The van der Waals surface area contributed by atoms with Crippen molar-refractivity contribution in [1.82, 2.24) is 0 Å². The Balaban J connectivity index is 1.82. The van der Waals surface area contributed by atoms with E-state index in [9.17, 15) is 13.0 Å². The Morgan fingerprint density at radius 2 is 1.82 bits per heavy atom. The molecule has 1 heterocycles. The van der Waals surface area contributed by atoms with E-state index < -0.39 is 10.1 Å². The normalized spacial score (nSPS) is 34.3. The fourth-order valence-corrected chi connectivity index (χ4v) is 4.15. The van der Waals surface area contributed by atoms with Gasteiger partial charge in [-0.25, -0.2) is 8.42 Å². The van der Waals surface area contributed by atoms with E-state index in [1.165, 1.54) is 45.1 Å². The molecule has 0 aromatic rings. The molecule has 100 valence electrons. The smallest absolute Gasteiger partial charge is 0.0948 e. The number of hydrogen-bond donors (Lipinski definition) is 1. The molecule has 5 heteroatoms. The summed E-state index contributed by atoms with van der Waals surface area (Å²) in [5.74, 6) is 0.671. The Morgan fingerprint density at radius 3 is 2.59 bits per heavy atom. The van der Waals surface area contributed by atoms with Crippen LogP contribution in [0.15, 0.2) is 0 Å². The molecular formula is C12H23NO3S. The number of nitrogens with one attached hydrogen (secondary N) is 1. The molecule has 0 amide bonds. The van der Waals surface area contributed by atoms with Crippen molar-refractivity contribution in [2.24, 2.45) is 5.92 Å². The van der Waals surface area contributed by atoms with Crippen LogP contribution >= 0.6 is 0 Å². The molecule has 1 saturated heterocycles. The summed E-state index contributed by atoms with van der Waals surface area (Å²) in [5, 5.41) is 0. The van der Waals surface area contributed by atoms with Gasteiger partial charge in [-0.15, -0.1) is 0 Å². The summed E-state index contributed by atoms with van der Waals surface area (Å²) in [6, 6.07) is 0.742. The second-order valence-corrected chi connectivity index (χ2v) is 7.09. The highest BCUT2D eigenvalue weighted by molar-refractivity contribution is 7.85. The van der Waals surface area contributed by atoms with Crippen molar-refractivity contribution in [2.75, 3.05) is 18.8 Å². The molecule has 1 N–H and O–H groups in total. The lowest BCUT2D eigenvalue weighted by molar-refractivity contribution is -0.936. The van der Waals surface area contributed by atoms with Crippen LogP contribution in [0.2, 0.25) is 0 Å². The number of rotatable bonds is 4. The summed E-state index contributed by atoms with van der Waals surface area (Å²) >= 11 is 0. The Kier molecular flexibility index (Phi) is 4.44. The Bertz CT molecular complexity index is 340. The number of likely N-dealkylation sites (tertiary alicyclic amines) is 1. The fourth-order valence-electron chi connectivity index (χ4n) is 3.65. The summed E-state index contributed by atoms with van der Waals surface area (Å²) in [6.45, 7) is 2.03. The molecule has 2 rings (SSSR count). The fraction of sp³-hybridized carbons (Fsp3) is 1.00. The van der Waals surface area contributed by atoms with E-state index in [-0.39, 0.29) is 5.75 Å². The first-order valence-corrected chi connectivity index (χ1v) is 8.42. The van der Waals surface area contributed by atoms with Gasteiger partial charge in [-0.3, -0.25) is 0 Å². The third kappa shape index (κ3) is 3.93. The molecule has 0 spiro atoms. The van der Waals surface area contributed by atoms with Crippen molar-refractivity contribution >= 4 is 10.1 Å². The van der Waals surface area contributed by atoms with Gasteiger partial charge in [-0.2, -0.15) is 0 Å². The van der Waals surface area contributed by atoms with Gasteiger partial charge in [0.05, 0.1) is 29.2 Å². The standard InChI is InChI=1S/C12H23NO3S/c14-17(15,16)10-4-9-13-8-3-6-11-5-1-2-7-12(11)13/h11-12H,1-10H2,(H,14,15,16). The minimum atomic E-state index is -4.02. The predicted molar refractivity (Wildman–Crippen MR) is 64.9 cm³/mol. The molecule has 2 aliphatic rings. The lowest BCUT2D eigenvalue weighted by atomic mass is 9.78. The van der Waals surface area contributed by atoms with E-state index in [2.05, 4.69) is 0 Å². The Morgan fingerprint density at radius 1 is 1.12 bits per heavy atom. The quantitative estimate of drug-likeness (QED) is 0.733. The van der Waals surface area contributed by atoms with Crippen LogP contribution in [-0.4, -0.2) is 37.9 Å². The largest absolute Gasteiger partial charge is 0.748 e. The summed E-state index contributed by atoms with van der Waals surface area (Å²) < 4.78 is 31.8. The topological polar surface area (TPSA) is 61.6 Å². The molecule has 0 aromatic heterocycles. The molecule has 3 unspecified atom stereocenters. The molecule has 2 fully saturated rings. The van der Waals surface area contributed by atoms with Crippen LogP contribution < -0.4 is 4.90 Å². The van der Waals surface area contributed by atoms with Crippen molar-refractivity contribution in [1.29, 1.82) is 0 Å².